The minimum absolute atomic E-state index is 0.102. The normalized spacial score (nSPS) is 17.5. The van der Waals surface area contributed by atoms with E-state index in [1.807, 2.05) is 29.2 Å². The van der Waals surface area contributed by atoms with E-state index in [1.54, 1.807) is 19.2 Å². The molecule has 0 saturated carbocycles. The Bertz CT molecular complexity index is 746. The van der Waals surface area contributed by atoms with Crippen LogP contribution in [-0.4, -0.2) is 49.0 Å². The minimum Gasteiger partial charge on any atom is -0.497 e. The first kappa shape index (κ1) is 19.4. The lowest BCUT2D eigenvalue weighted by atomic mass is 10.0. The van der Waals surface area contributed by atoms with Crippen LogP contribution in [0.3, 0.4) is 0 Å². The number of likely N-dealkylation sites (tertiary alicyclic amines) is 1. The van der Waals surface area contributed by atoms with Crippen molar-refractivity contribution in [3.8, 4) is 5.75 Å². The molecule has 0 unspecified atom stereocenters. The van der Waals surface area contributed by atoms with Gasteiger partial charge in [0.25, 0.3) is 0 Å². The molecule has 0 aliphatic carbocycles. The molecule has 1 aliphatic heterocycles. The Hall–Kier alpha value is -2.40. The summed E-state index contributed by atoms with van der Waals surface area (Å²) in [7, 11) is 3.72. The molecule has 144 valence electrons. The van der Waals surface area contributed by atoms with Crippen LogP contribution in [0.4, 0.5) is 4.39 Å². The summed E-state index contributed by atoms with van der Waals surface area (Å²) in [6, 6.07) is 14.2. The van der Waals surface area contributed by atoms with E-state index < -0.39 is 0 Å². The molecule has 2 aromatic rings. The maximum absolute atomic E-state index is 13.2. The third kappa shape index (κ3) is 5.30. The Morgan fingerprint density at radius 2 is 1.81 bits per heavy atom. The summed E-state index contributed by atoms with van der Waals surface area (Å²) >= 11 is 0. The zero-order valence-corrected chi connectivity index (χ0v) is 16.0. The summed E-state index contributed by atoms with van der Waals surface area (Å²) in [5.41, 5.74) is 1.92. The maximum atomic E-state index is 13.2. The number of methoxy groups -OCH3 is 1. The second-order valence-electron chi connectivity index (χ2n) is 7.23. The van der Waals surface area contributed by atoms with Gasteiger partial charge in [-0.25, -0.2) is 4.39 Å². The zero-order valence-electron chi connectivity index (χ0n) is 16.0. The van der Waals surface area contributed by atoms with Gasteiger partial charge in [0.2, 0.25) is 5.91 Å². The summed E-state index contributed by atoms with van der Waals surface area (Å²) in [6.07, 6.45) is 2.43. The second-order valence-corrected chi connectivity index (χ2v) is 7.23. The van der Waals surface area contributed by atoms with Crippen LogP contribution in [0, 0.1) is 5.82 Å². The fourth-order valence-corrected chi connectivity index (χ4v) is 3.62. The lowest BCUT2D eigenvalue weighted by Gasteiger charge is -2.38. The molecule has 1 atom stereocenters. The SMILES string of the molecule is COc1ccc(CC(=O)N(Cc2ccc(F)cc2)[C@H]2CCCN(C)C2)cc1. The topological polar surface area (TPSA) is 32.8 Å². The molecule has 1 aliphatic rings. The number of carbonyl (C=O) groups is 1. The Balaban J connectivity index is 1.76. The zero-order chi connectivity index (χ0) is 19.2. The van der Waals surface area contributed by atoms with Gasteiger partial charge >= 0.3 is 0 Å². The first-order valence-electron chi connectivity index (χ1n) is 9.40. The maximum Gasteiger partial charge on any atom is 0.227 e. The number of amides is 1. The summed E-state index contributed by atoms with van der Waals surface area (Å²) < 4.78 is 18.4. The monoisotopic (exact) mass is 370 g/mol. The van der Waals surface area contributed by atoms with Gasteiger partial charge in [-0.2, -0.15) is 0 Å². The van der Waals surface area contributed by atoms with Crippen LogP contribution in [0.25, 0.3) is 0 Å². The highest BCUT2D eigenvalue weighted by atomic mass is 19.1. The molecule has 2 aromatic carbocycles. The number of nitrogens with zero attached hydrogens (tertiary/aromatic N) is 2. The highest BCUT2D eigenvalue weighted by Crippen LogP contribution is 2.20. The van der Waals surface area contributed by atoms with Crippen LogP contribution in [0.15, 0.2) is 48.5 Å². The van der Waals surface area contributed by atoms with Gasteiger partial charge in [-0.05, 0) is 61.8 Å². The van der Waals surface area contributed by atoms with E-state index in [9.17, 15) is 9.18 Å². The first-order valence-corrected chi connectivity index (χ1v) is 9.40. The van der Waals surface area contributed by atoms with Crippen molar-refractivity contribution in [1.29, 1.82) is 0 Å². The fourth-order valence-electron chi connectivity index (χ4n) is 3.62. The van der Waals surface area contributed by atoms with Crippen molar-refractivity contribution in [1.82, 2.24) is 9.80 Å². The van der Waals surface area contributed by atoms with Crippen LogP contribution in [-0.2, 0) is 17.8 Å². The van der Waals surface area contributed by atoms with E-state index in [0.29, 0.717) is 13.0 Å². The predicted octanol–water partition coefficient (Wildman–Crippen LogP) is 3.50. The van der Waals surface area contributed by atoms with Crippen LogP contribution < -0.4 is 4.74 Å². The van der Waals surface area contributed by atoms with Gasteiger partial charge in [-0.15, -0.1) is 0 Å². The summed E-state index contributed by atoms with van der Waals surface area (Å²) in [5.74, 6) is 0.625. The van der Waals surface area contributed by atoms with Crippen molar-refractivity contribution in [3.05, 3.63) is 65.5 Å². The summed E-state index contributed by atoms with van der Waals surface area (Å²) in [6.45, 7) is 2.44. The van der Waals surface area contributed by atoms with Gasteiger partial charge < -0.3 is 14.5 Å². The van der Waals surface area contributed by atoms with Crippen molar-refractivity contribution in [2.75, 3.05) is 27.2 Å². The highest BCUT2D eigenvalue weighted by molar-refractivity contribution is 5.79. The lowest BCUT2D eigenvalue weighted by molar-refractivity contribution is -0.134. The Labute approximate surface area is 160 Å². The molecule has 0 bridgehead atoms. The van der Waals surface area contributed by atoms with Crippen LogP contribution >= 0.6 is 0 Å². The average Bonchev–Trinajstić information content (AvgIpc) is 2.68. The molecule has 1 fully saturated rings. The van der Waals surface area contributed by atoms with Crippen molar-refractivity contribution in [2.24, 2.45) is 0 Å². The van der Waals surface area contributed by atoms with Gasteiger partial charge in [0, 0.05) is 19.1 Å². The van der Waals surface area contributed by atoms with Crippen LogP contribution in [0.5, 0.6) is 5.75 Å². The fraction of sp³-hybridized carbons (Fsp3) is 0.409. The van der Waals surface area contributed by atoms with Crippen molar-refractivity contribution < 1.29 is 13.9 Å². The highest BCUT2D eigenvalue weighted by Gasteiger charge is 2.27. The second kappa shape index (κ2) is 9.00. The van der Waals surface area contributed by atoms with Gasteiger partial charge in [-0.3, -0.25) is 4.79 Å². The average molecular weight is 370 g/mol. The molecule has 1 amide bonds. The van der Waals surface area contributed by atoms with Crippen molar-refractivity contribution in [3.63, 3.8) is 0 Å². The van der Waals surface area contributed by atoms with E-state index in [1.165, 1.54) is 12.1 Å². The van der Waals surface area contributed by atoms with Crippen LogP contribution in [0.2, 0.25) is 0 Å². The van der Waals surface area contributed by atoms with Gasteiger partial charge in [0.15, 0.2) is 0 Å². The Morgan fingerprint density at radius 1 is 1.15 bits per heavy atom. The number of hydrogen-bond donors (Lipinski definition) is 0. The quantitative estimate of drug-likeness (QED) is 0.780. The number of rotatable bonds is 6. The number of likely N-dealkylation sites (N-methyl/N-ethyl adjacent to an activating group) is 1. The van der Waals surface area contributed by atoms with E-state index >= 15 is 0 Å². The van der Waals surface area contributed by atoms with E-state index in [-0.39, 0.29) is 17.8 Å². The standard InChI is InChI=1S/C22H27FN2O2/c1-24-13-3-4-20(16-24)25(15-18-5-9-19(23)10-6-18)22(26)14-17-7-11-21(27-2)12-8-17/h5-12,20H,3-4,13-16H2,1-2H3/t20-/m0/s1. The number of halogens is 1. The number of hydrogen-bond acceptors (Lipinski definition) is 3. The molecule has 4 nitrogen and oxygen atoms in total. The minimum atomic E-state index is -0.257. The smallest absolute Gasteiger partial charge is 0.227 e. The molecular weight excluding hydrogens is 343 g/mol. The third-order valence-corrected chi connectivity index (χ3v) is 5.14. The molecule has 5 heteroatoms. The van der Waals surface area contributed by atoms with Gasteiger partial charge in [-0.1, -0.05) is 24.3 Å². The predicted molar refractivity (Wildman–Crippen MR) is 104 cm³/mol. The molecule has 0 radical (unpaired) electrons. The number of benzene rings is 2. The largest absolute Gasteiger partial charge is 0.497 e. The van der Waals surface area contributed by atoms with E-state index in [2.05, 4.69) is 11.9 Å². The number of ether oxygens (including phenoxy) is 1. The van der Waals surface area contributed by atoms with Gasteiger partial charge in [0.1, 0.15) is 11.6 Å². The summed E-state index contributed by atoms with van der Waals surface area (Å²) in [4.78, 5) is 17.4. The number of carbonyl (C=O) groups excluding carboxylic acids is 1. The van der Waals surface area contributed by atoms with Crippen molar-refractivity contribution >= 4 is 5.91 Å². The third-order valence-electron chi connectivity index (χ3n) is 5.14. The lowest BCUT2D eigenvalue weighted by Crippen LogP contribution is -2.49. The molecule has 1 saturated heterocycles. The molecular formula is C22H27FN2O2. The molecule has 0 spiro atoms. The molecule has 27 heavy (non-hydrogen) atoms. The van der Waals surface area contributed by atoms with E-state index in [0.717, 1.165) is 42.8 Å². The van der Waals surface area contributed by atoms with Crippen LogP contribution in [0.1, 0.15) is 24.0 Å². The number of piperidine rings is 1. The van der Waals surface area contributed by atoms with Crippen molar-refractivity contribution in [2.45, 2.75) is 31.8 Å². The van der Waals surface area contributed by atoms with E-state index in [4.69, 9.17) is 4.74 Å². The van der Waals surface area contributed by atoms with Gasteiger partial charge in [0.05, 0.1) is 13.5 Å². The molecule has 1 heterocycles. The first-order chi connectivity index (χ1) is 13.0. The molecule has 3 rings (SSSR count). The Kier molecular flexibility index (Phi) is 6.45. The summed E-state index contributed by atoms with van der Waals surface area (Å²) in [5, 5.41) is 0. The molecule has 0 aromatic heterocycles. The molecule has 0 N–H and O–H groups in total. The Morgan fingerprint density at radius 3 is 2.44 bits per heavy atom.